The van der Waals surface area contributed by atoms with Crippen molar-refractivity contribution in [2.45, 2.75) is 39.0 Å². The number of hydrogen-bond acceptors (Lipinski definition) is 1. The number of para-hydroxylation sites is 1. The highest BCUT2D eigenvalue weighted by molar-refractivity contribution is 5.95. The van der Waals surface area contributed by atoms with Gasteiger partial charge in [0.15, 0.2) is 0 Å². The lowest BCUT2D eigenvalue weighted by atomic mass is 10.1. The van der Waals surface area contributed by atoms with E-state index in [-0.39, 0.29) is 0 Å². The lowest BCUT2D eigenvalue weighted by Gasteiger charge is -2.29. The topological polar surface area (TPSA) is 19.0 Å². The van der Waals surface area contributed by atoms with Crippen molar-refractivity contribution >= 4 is 16.6 Å². The quantitative estimate of drug-likeness (QED) is 0.858. The van der Waals surface area contributed by atoms with Crippen molar-refractivity contribution in [2.24, 2.45) is 0 Å². The number of hydrogen-bond donors (Lipinski definition) is 1. The van der Waals surface area contributed by atoms with Crippen LogP contribution in [0.2, 0.25) is 0 Å². The SMILES string of the molecule is CCCc1[nH]c2ccccc2c1N1CCCCC1. The molecule has 96 valence electrons. The molecule has 0 radical (unpaired) electrons. The molecule has 0 saturated carbocycles. The zero-order chi connectivity index (χ0) is 12.4. The van der Waals surface area contributed by atoms with E-state index in [4.69, 9.17) is 0 Å². The highest BCUT2D eigenvalue weighted by Crippen LogP contribution is 2.33. The third-order valence-corrected chi connectivity index (χ3v) is 3.93. The first kappa shape index (κ1) is 11.6. The van der Waals surface area contributed by atoms with Crippen LogP contribution >= 0.6 is 0 Å². The largest absolute Gasteiger partial charge is 0.370 e. The predicted octanol–water partition coefficient (Wildman–Crippen LogP) is 4.11. The molecule has 1 fully saturated rings. The Morgan fingerprint density at radius 1 is 1.11 bits per heavy atom. The van der Waals surface area contributed by atoms with E-state index >= 15 is 0 Å². The van der Waals surface area contributed by atoms with Gasteiger partial charge in [0.25, 0.3) is 0 Å². The van der Waals surface area contributed by atoms with E-state index in [1.807, 2.05) is 0 Å². The van der Waals surface area contributed by atoms with E-state index in [1.54, 1.807) is 0 Å². The molecule has 2 heteroatoms. The minimum absolute atomic E-state index is 1.15. The van der Waals surface area contributed by atoms with Gasteiger partial charge in [-0.1, -0.05) is 31.5 Å². The maximum absolute atomic E-state index is 3.62. The minimum atomic E-state index is 1.15. The van der Waals surface area contributed by atoms with Gasteiger partial charge in [0.1, 0.15) is 0 Å². The maximum Gasteiger partial charge on any atom is 0.0657 e. The number of rotatable bonds is 3. The lowest BCUT2D eigenvalue weighted by molar-refractivity contribution is 0.577. The first-order valence-electron chi connectivity index (χ1n) is 7.24. The molecule has 2 aromatic rings. The molecule has 1 aliphatic heterocycles. The molecule has 3 rings (SSSR count). The number of aryl methyl sites for hydroxylation is 1. The number of fused-ring (bicyclic) bond motifs is 1. The van der Waals surface area contributed by atoms with Crippen LogP contribution in [0.25, 0.3) is 10.9 Å². The van der Waals surface area contributed by atoms with Crippen LogP contribution in [0.5, 0.6) is 0 Å². The Morgan fingerprint density at radius 3 is 2.67 bits per heavy atom. The van der Waals surface area contributed by atoms with E-state index in [2.05, 4.69) is 41.1 Å². The van der Waals surface area contributed by atoms with Crippen LogP contribution < -0.4 is 4.90 Å². The molecule has 0 atom stereocenters. The molecule has 0 unspecified atom stereocenters. The van der Waals surface area contributed by atoms with Gasteiger partial charge in [0.05, 0.1) is 5.69 Å². The third kappa shape index (κ3) is 2.00. The fourth-order valence-corrected chi connectivity index (χ4v) is 3.09. The van der Waals surface area contributed by atoms with Crippen LogP contribution in [0.4, 0.5) is 5.69 Å². The fraction of sp³-hybridized carbons (Fsp3) is 0.500. The Balaban J connectivity index is 2.07. The van der Waals surface area contributed by atoms with Crippen molar-refractivity contribution in [3.05, 3.63) is 30.0 Å². The van der Waals surface area contributed by atoms with Crippen LogP contribution in [0, 0.1) is 0 Å². The summed E-state index contributed by atoms with van der Waals surface area (Å²) in [5, 5.41) is 1.41. The Bertz CT molecular complexity index is 521. The molecule has 1 aliphatic rings. The van der Waals surface area contributed by atoms with Crippen molar-refractivity contribution < 1.29 is 0 Å². The molecule has 1 saturated heterocycles. The maximum atomic E-state index is 3.62. The summed E-state index contributed by atoms with van der Waals surface area (Å²) >= 11 is 0. The molecule has 0 spiro atoms. The Hall–Kier alpha value is -1.44. The molecule has 1 aromatic heterocycles. The molecular weight excluding hydrogens is 220 g/mol. The van der Waals surface area contributed by atoms with Crippen molar-refractivity contribution in [1.82, 2.24) is 4.98 Å². The molecule has 2 heterocycles. The predicted molar refractivity (Wildman–Crippen MR) is 78.4 cm³/mol. The second-order valence-electron chi connectivity index (χ2n) is 5.30. The van der Waals surface area contributed by atoms with Crippen LogP contribution in [-0.4, -0.2) is 18.1 Å². The first-order valence-corrected chi connectivity index (χ1v) is 7.24. The second-order valence-corrected chi connectivity index (χ2v) is 5.30. The number of nitrogens with zero attached hydrogens (tertiary/aromatic N) is 1. The van der Waals surface area contributed by atoms with Crippen LogP contribution in [0.3, 0.4) is 0 Å². The van der Waals surface area contributed by atoms with Gasteiger partial charge in [-0.05, 0) is 31.7 Å². The summed E-state index contributed by atoms with van der Waals surface area (Å²) in [6.45, 7) is 4.70. The molecular formula is C16H22N2. The zero-order valence-corrected chi connectivity index (χ0v) is 11.2. The number of anilines is 1. The van der Waals surface area contributed by atoms with Gasteiger partial charge >= 0.3 is 0 Å². The molecule has 0 aliphatic carbocycles. The number of H-pyrrole nitrogens is 1. The van der Waals surface area contributed by atoms with Crippen molar-refractivity contribution in [1.29, 1.82) is 0 Å². The molecule has 1 aromatic carbocycles. The van der Waals surface area contributed by atoms with Gasteiger partial charge in [0, 0.05) is 29.7 Å². The average molecular weight is 242 g/mol. The van der Waals surface area contributed by atoms with Gasteiger partial charge in [-0.25, -0.2) is 0 Å². The Kier molecular flexibility index (Phi) is 3.26. The van der Waals surface area contributed by atoms with Crippen LogP contribution in [0.15, 0.2) is 24.3 Å². The van der Waals surface area contributed by atoms with E-state index < -0.39 is 0 Å². The van der Waals surface area contributed by atoms with Gasteiger partial charge in [0.2, 0.25) is 0 Å². The summed E-state index contributed by atoms with van der Waals surface area (Å²) in [4.78, 5) is 6.21. The molecule has 0 amide bonds. The highest BCUT2D eigenvalue weighted by atomic mass is 15.1. The summed E-state index contributed by atoms with van der Waals surface area (Å²) in [5.74, 6) is 0. The number of benzene rings is 1. The van der Waals surface area contributed by atoms with Gasteiger partial charge in [-0.3, -0.25) is 0 Å². The lowest BCUT2D eigenvalue weighted by Crippen LogP contribution is -2.30. The van der Waals surface area contributed by atoms with Gasteiger partial charge < -0.3 is 9.88 Å². The van der Waals surface area contributed by atoms with E-state index in [9.17, 15) is 0 Å². The highest BCUT2D eigenvalue weighted by Gasteiger charge is 2.18. The smallest absolute Gasteiger partial charge is 0.0657 e. The Morgan fingerprint density at radius 2 is 1.89 bits per heavy atom. The number of aromatic amines is 1. The fourth-order valence-electron chi connectivity index (χ4n) is 3.09. The zero-order valence-electron chi connectivity index (χ0n) is 11.2. The number of aromatic nitrogens is 1. The molecule has 1 N–H and O–H groups in total. The second kappa shape index (κ2) is 5.05. The van der Waals surface area contributed by atoms with E-state index in [0.29, 0.717) is 0 Å². The Labute approximate surface area is 109 Å². The monoisotopic (exact) mass is 242 g/mol. The minimum Gasteiger partial charge on any atom is -0.370 e. The summed E-state index contributed by atoms with van der Waals surface area (Å²) in [5.41, 5.74) is 4.20. The van der Waals surface area contributed by atoms with Gasteiger partial charge in [-0.15, -0.1) is 0 Å². The summed E-state index contributed by atoms with van der Waals surface area (Å²) in [7, 11) is 0. The summed E-state index contributed by atoms with van der Waals surface area (Å²) < 4.78 is 0. The first-order chi connectivity index (χ1) is 8.90. The van der Waals surface area contributed by atoms with Crippen molar-refractivity contribution in [3.8, 4) is 0 Å². The summed E-state index contributed by atoms with van der Waals surface area (Å²) in [6.07, 6.45) is 6.42. The van der Waals surface area contributed by atoms with E-state index in [0.717, 1.165) is 6.42 Å². The van der Waals surface area contributed by atoms with Crippen LogP contribution in [0.1, 0.15) is 38.3 Å². The van der Waals surface area contributed by atoms with Crippen LogP contribution in [-0.2, 0) is 6.42 Å². The number of nitrogens with one attached hydrogen (secondary N) is 1. The van der Waals surface area contributed by atoms with E-state index in [1.165, 1.54) is 61.1 Å². The summed E-state index contributed by atoms with van der Waals surface area (Å²) in [6, 6.07) is 8.73. The number of piperidine rings is 1. The molecule has 0 bridgehead atoms. The molecule has 18 heavy (non-hydrogen) atoms. The molecule has 2 nitrogen and oxygen atoms in total. The van der Waals surface area contributed by atoms with Gasteiger partial charge in [-0.2, -0.15) is 0 Å². The third-order valence-electron chi connectivity index (χ3n) is 3.93. The van der Waals surface area contributed by atoms with Crippen molar-refractivity contribution in [3.63, 3.8) is 0 Å². The normalized spacial score (nSPS) is 16.4. The average Bonchev–Trinajstić information content (AvgIpc) is 2.78. The standard InChI is InChI=1S/C16H22N2/c1-2-8-15-16(18-11-6-3-7-12-18)13-9-4-5-10-14(13)17-15/h4-5,9-10,17H,2-3,6-8,11-12H2,1H3. The van der Waals surface area contributed by atoms with Crippen molar-refractivity contribution in [2.75, 3.05) is 18.0 Å².